The number of hydrogen-bond acceptors (Lipinski definition) is 6. The van der Waals surface area contributed by atoms with Crippen molar-refractivity contribution in [3.63, 3.8) is 0 Å². The summed E-state index contributed by atoms with van der Waals surface area (Å²) in [6.45, 7) is 3.31. The van der Waals surface area contributed by atoms with E-state index in [2.05, 4.69) is 29.0 Å². The molecule has 2 N–H and O–H groups in total. The first kappa shape index (κ1) is 22.2. The highest BCUT2D eigenvalue weighted by atomic mass is 32.1. The first-order valence-electron chi connectivity index (χ1n) is 10.2. The van der Waals surface area contributed by atoms with Gasteiger partial charge in [-0.3, -0.25) is 14.9 Å². The number of aliphatic carboxylic acids is 1. The van der Waals surface area contributed by atoms with Crippen LogP contribution in [0.15, 0.2) is 67.4 Å². The Kier molecular flexibility index (Phi) is 6.50. The molecular weight excluding hydrogens is 442 g/mol. The normalized spacial score (nSPS) is 11.9. The van der Waals surface area contributed by atoms with Gasteiger partial charge in [-0.2, -0.15) is 0 Å². The fraction of sp³-hybridized carbons (Fsp3) is 0.167. The molecule has 0 bridgehead atoms. The zero-order valence-electron chi connectivity index (χ0n) is 17.6. The van der Waals surface area contributed by atoms with Gasteiger partial charge in [-0.1, -0.05) is 65.9 Å². The summed E-state index contributed by atoms with van der Waals surface area (Å²) in [5, 5.41) is 11.7. The number of hydrogen-bond donors (Lipinski definition) is 2. The molecule has 0 aliphatic heterocycles. The number of anilines is 1. The molecule has 2 aromatic carbocycles. The van der Waals surface area contributed by atoms with Crippen LogP contribution in [0.2, 0.25) is 0 Å². The van der Waals surface area contributed by atoms with Crippen LogP contribution in [-0.2, 0) is 9.53 Å². The topological polar surface area (TPSA) is 109 Å². The average Bonchev–Trinajstić information content (AvgIpc) is 3.39. The summed E-state index contributed by atoms with van der Waals surface area (Å²) in [5.41, 5.74) is 4.48. The standard InChI is InChI=1S/C24H21N3O5S/c1-2-11-27(13-21(28)29)22(30)20-12-25-23(33-20)26-24(31)32-14-19-17-9-5-3-7-15(17)16-8-4-6-10-18(16)19/h2-10,12,19H,1,11,13-14H2,(H,28,29)(H,25,26,31). The summed E-state index contributed by atoms with van der Waals surface area (Å²) >= 11 is 0.944. The first-order chi connectivity index (χ1) is 16.0. The number of fused-ring (bicyclic) bond motifs is 3. The van der Waals surface area contributed by atoms with Crippen molar-refractivity contribution in [1.29, 1.82) is 0 Å². The molecule has 168 valence electrons. The number of rotatable bonds is 8. The molecule has 1 aliphatic carbocycles. The Bertz CT molecular complexity index is 1180. The van der Waals surface area contributed by atoms with Crippen LogP contribution in [0.1, 0.15) is 26.7 Å². The third-order valence-corrected chi connectivity index (χ3v) is 6.13. The SMILES string of the molecule is C=CCN(CC(=O)O)C(=O)c1cnc(NC(=O)OCC2c3ccccc3-c3ccccc32)s1. The lowest BCUT2D eigenvalue weighted by atomic mass is 9.98. The van der Waals surface area contributed by atoms with Crippen LogP contribution < -0.4 is 5.32 Å². The van der Waals surface area contributed by atoms with E-state index in [1.165, 1.54) is 12.3 Å². The maximum atomic E-state index is 12.5. The number of aromatic nitrogens is 1. The number of carboxylic acids is 1. The van der Waals surface area contributed by atoms with Crippen LogP contribution in [-0.4, -0.2) is 52.7 Å². The third-order valence-electron chi connectivity index (χ3n) is 5.23. The molecule has 8 nitrogen and oxygen atoms in total. The van der Waals surface area contributed by atoms with E-state index in [4.69, 9.17) is 9.84 Å². The van der Waals surface area contributed by atoms with Gasteiger partial charge in [0.2, 0.25) is 0 Å². The van der Waals surface area contributed by atoms with Crippen LogP contribution in [0.5, 0.6) is 0 Å². The molecular formula is C24H21N3O5S. The van der Waals surface area contributed by atoms with E-state index in [0.29, 0.717) is 0 Å². The molecule has 1 aromatic heterocycles. The zero-order valence-corrected chi connectivity index (χ0v) is 18.4. The van der Waals surface area contributed by atoms with Gasteiger partial charge in [-0.25, -0.2) is 9.78 Å². The van der Waals surface area contributed by atoms with E-state index in [9.17, 15) is 14.4 Å². The highest BCUT2D eigenvalue weighted by Crippen LogP contribution is 2.44. The smallest absolute Gasteiger partial charge is 0.413 e. The van der Waals surface area contributed by atoms with Gasteiger partial charge in [-0.15, -0.1) is 6.58 Å². The van der Waals surface area contributed by atoms with E-state index < -0.39 is 24.5 Å². The van der Waals surface area contributed by atoms with Crippen molar-refractivity contribution in [2.24, 2.45) is 0 Å². The fourth-order valence-corrected chi connectivity index (χ4v) is 4.62. The van der Waals surface area contributed by atoms with Gasteiger partial charge in [0.05, 0.1) is 6.20 Å². The molecule has 2 amide bonds. The van der Waals surface area contributed by atoms with E-state index in [0.717, 1.165) is 38.5 Å². The van der Waals surface area contributed by atoms with Crippen molar-refractivity contribution < 1.29 is 24.2 Å². The summed E-state index contributed by atoms with van der Waals surface area (Å²) in [7, 11) is 0. The molecule has 0 fully saturated rings. The second kappa shape index (κ2) is 9.66. The Balaban J connectivity index is 1.40. The number of carbonyl (C=O) groups is 3. The molecule has 0 unspecified atom stereocenters. The lowest BCUT2D eigenvalue weighted by Crippen LogP contribution is -2.35. The van der Waals surface area contributed by atoms with Gasteiger partial charge in [0, 0.05) is 12.5 Å². The Morgan fingerprint density at radius 1 is 1.12 bits per heavy atom. The van der Waals surface area contributed by atoms with Crippen LogP contribution >= 0.6 is 11.3 Å². The van der Waals surface area contributed by atoms with Crippen molar-refractivity contribution in [2.75, 3.05) is 25.0 Å². The quantitative estimate of drug-likeness (QED) is 0.484. The van der Waals surface area contributed by atoms with Crippen molar-refractivity contribution in [1.82, 2.24) is 9.88 Å². The van der Waals surface area contributed by atoms with Gasteiger partial charge in [0.15, 0.2) is 5.13 Å². The van der Waals surface area contributed by atoms with E-state index in [-0.39, 0.29) is 29.1 Å². The number of carbonyl (C=O) groups excluding carboxylic acids is 2. The summed E-state index contributed by atoms with van der Waals surface area (Å²) < 4.78 is 5.48. The zero-order chi connectivity index (χ0) is 23.4. The monoisotopic (exact) mass is 463 g/mol. The summed E-state index contributed by atoms with van der Waals surface area (Å²) in [6, 6.07) is 16.1. The van der Waals surface area contributed by atoms with Crippen LogP contribution in [0.25, 0.3) is 11.1 Å². The molecule has 1 heterocycles. The van der Waals surface area contributed by atoms with Crippen LogP contribution in [0, 0.1) is 0 Å². The van der Waals surface area contributed by atoms with Gasteiger partial charge >= 0.3 is 12.1 Å². The molecule has 0 saturated heterocycles. The van der Waals surface area contributed by atoms with Crippen molar-refractivity contribution >= 4 is 34.4 Å². The number of amides is 2. The fourth-order valence-electron chi connectivity index (χ4n) is 3.85. The maximum absolute atomic E-state index is 12.5. The van der Waals surface area contributed by atoms with Crippen LogP contribution in [0.3, 0.4) is 0 Å². The number of benzene rings is 2. The highest BCUT2D eigenvalue weighted by molar-refractivity contribution is 7.17. The van der Waals surface area contributed by atoms with E-state index >= 15 is 0 Å². The highest BCUT2D eigenvalue weighted by Gasteiger charge is 2.29. The molecule has 1 aliphatic rings. The molecule has 0 saturated carbocycles. The predicted octanol–water partition coefficient (Wildman–Crippen LogP) is 4.22. The lowest BCUT2D eigenvalue weighted by Gasteiger charge is -2.17. The van der Waals surface area contributed by atoms with E-state index in [1.54, 1.807) is 0 Å². The molecule has 0 spiro atoms. The number of thiazole rings is 1. The van der Waals surface area contributed by atoms with Gasteiger partial charge in [-0.05, 0) is 22.3 Å². The Morgan fingerprint density at radius 2 is 1.76 bits per heavy atom. The van der Waals surface area contributed by atoms with E-state index in [1.807, 2.05) is 36.4 Å². The van der Waals surface area contributed by atoms with Gasteiger partial charge in [0.25, 0.3) is 5.91 Å². The second-order valence-corrected chi connectivity index (χ2v) is 8.38. The van der Waals surface area contributed by atoms with Gasteiger partial charge < -0.3 is 14.7 Å². The second-order valence-electron chi connectivity index (χ2n) is 7.35. The minimum Gasteiger partial charge on any atom is -0.480 e. The summed E-state index contributed by atoms with van der Waals surface area (Å²) in [4.78, 5) is 41.3. The summed E-state index contributed by atoms with van der Waals surface area (Å²) in [5.74, 6) is -1.71. The van der Waals surface area contributed by atoms with Crippen LogP contribution in [0.4, 0.5) is 9.93 Å². The third kappa shape index (κ3) is 4.78. The molecule has 33 heavy (non-hydrogen) atoms. The van der Waals surface area contributed by atoms with Crippen molar-refractivity contribution in [3.8, 4) is 11.1 Å². The minimum absolute atomic E-state index is 0.0694. The lowest BCUT2D eigenvalue weighted by molar-refractivity contribution is -0.137. The molecule has 0 radical (unpaired) electrons. The number of carboxylic acid groups (broad SMARTS) is 1. The number of ether oxygens (including phenoxy) is 1. The summed E-state index contributed by atoms with van der Waals surface area (Å²) in [6.07, 6.45) is 2.06. The molecule has 3 aromatic rings. The molecule has 9 heteroatoms. The number of nitrogens with zero attached hydrogens (tertiary/aromatic N) is 2. The first-order valence-corrected chi connectivity index (χ1v) is 11.0. The predicted molar refractivity (Wildman–Crippen MR) is 125 cm³/mol. The minimum atomic E-state index is -1.13. The Labute approximate surface area is 194 Å². The maximum Gasteiger partial charge on any atom is 0.413 e. The Morgan fingerprint density at radius 3 is 2.36 bits per heavy atom. The van der Waals surface area contributed by atoms with Gasteiger partial charge in [0.1, 0.15) is 18.0 Å². The van der Waals surface area contributed by atoms with Crippen molar-refractivity contribution in [2.45, 2.75) is 5.92 Å². The largest absolute Gasteiger partial charge is 0.480 e. The molecule has 0 atom stereocenters. The van der Waals surface area contributed by atoms with Crippen molar-refractivity contribution in [3.05, 3.63) is 83.4 Å². The Hall–Kier alpha value is -3.98. The average molecular weight is 464 g/mol. The molecule has 4 rings (SSSR count). The number of nitrogens with one attached hydrogen (secondary N) is 1.